The average molecular weight is 393 g/mol. The molecule has 0 spiro atoms. The minimum Gasteiger partial charge on any atom is -0.489 e. The van der Waals surface area contributed by atoms with Crippen LogP contribution in [0.4, 0.5) is 0 Å². The number of carbonyl (C=O) groups is 2. The number of hydrogen-bond donors (Lipinski definition) is 0. The zero-order valence-electron chi connectivity index (χ0n) is 16.8. The maximum absolute atomic E-state index is 12.1. The van der Waals surface area contributed by atoms with Crippen LogP contribution in [0.3, 0.4) is 0 Å². The molecule has 1 aliphatic rings. The Labute approximate surface area is 171 Å². The van der Waals surface area contributed by atoms with Crippen molar-refractivity contribution < 1.29 is 19.1 Å². The monoisotopic (exact) mass is 393 g/mol. The molecule has 1 aliphatic heterocycles. The molecule has 1 fully saturated rings. The van der Waals surface area contributed by atoms with Crippen LogP contribution >= 0.6 is 0 Å². The molecule has 1 heterocycles. The summed E-state index contributed by atoms with van der Waals surface area (Å²) in [6.45, 7) is 3.92. The topological polar surface area (TPSA) is 55.8 Å². The molecule has 2 aromatic carbocycles. The van der Waals surface area contributed by atoms with Crippen molar-refractivity contribution in [3.05, 3.63) is 71.8 Å². The maximum atomic E-state index is 12.1. The number of hydrogen-bond acceptors (Lipinski definition) is 4. The molecule has 2 aromatic rings. The summed E-state index contributed by atoms with van der Waals surface area (Å²) in [6, 6.07) is 17.4. The number of esters is 1. The molecule has 5 heteroatoms. The van der Waals surface area contributed by atoms with Gasteiger partial charge in [0.1, 0.15) is 12.4 Å². The number of amides is 1. The Balaban J connectivity index is 1.42. The molecule has 1 unspecified atom stereocenters. The number of rotatable bonds is 7. The van der Waals surface area contributed by atoms with E-state index in [1.165, 1.54) is 6.08 Å². The number of benzene rings is 2. The van der Waals surface area contributed by atoms with Gasteiger partial charge in [0.2, 0.25) is 0 Å². The first-order chi connectivity index (χ1) is 14.1. The number of nitrogens with zero attached hydrogens (tertiary/aromatic N) is 1. The van der Waals surface area contributed by atoms with Crippen molar-refractivity contribution >= 4 is 18.0 Å². The van der Waals surface area contributed by atoms with Gasteiger partial charge in [0, 0.05) is 19.2 Å². The van der Waals surface area contributed by atoms with E-state index in [1.54, 1.807) is 11.0 Å². The van der Waals surface area contributed by atoms with Crippen LogP contribution in [0.1, 0.15) is 30.9 Å². The highest BCUT2D eigenvalue weighted by molar-refractivity contribution is 5.89. The third kappa shape index (κ3) is 6.79. The Kier molecular flexibility index (Phi) is 7.45. The lowest BCUT2D eigenvalue weighted by Crippen LogP contribution is -2.41. The number of carbonyl (C=O) groups excluding carboxylic acids is 2. The predicted octanol–water partition coefficient (Wildman–Crippen LogP) is 4.08. The van der Waals surface area contributed by atoms with Gasteiger partial charge in [-0.25, -0.2) is 4.79 Å². The summed E-state index contributed by atoms with van der Waals surface area (Å²) >= 11 is 0. The van der Waals surface area contributed by atoms with Crippen molar-refractivity contribution in [3.63, 3.8) is 0 Å². The van der Waals surface area contributed by atoms with Gasteiger partial charge in [-0.2, -0.15) is 0 Å². The quantitative estimate of drug-likeness (QED) is 0.525. The molecule has 0 aliphatic carbocycles. The summed E-state index contributed by atoms with van der Waals surface area (Å²) in [5.74, 6) is 0.615. The van der Waals surface area contributed by atoms with Crippen LogP contribution in [0.15, 0.2) is 60.7 Å². The predicted molar refractivity (Wildman–Crippen MR) is 112 cm³/mol. The molecular formula is C24H27NO4. The SMILES string of the molecule is CC1CCCN(C(=O)COC(=O)/C=C/c2ccc(OCc3ccccc3)cc2)C1. The summed E-state index contributed by atoms with van der Waals surface area (Å²) in [5, 5.41) is 0. The second kappa shape index (κ2) is 10.5. The second-order valence-corrected chi connectivity index (χ2v) is 7.37. The first-order valence-electron chi connectivity index (χ1n) is 9.99. The fourth-order valence-electron chi connectivity index (χ4n) is 3.27. The third-order valence-corrected chi connectivity index (χ3v) is 4.89. The van der Waals surface area contributed by atoms with E-state index in [2.05, 4.69) is 6.92 Å². The first-order valence-corrected chi connectivity index (χ1v) is 9.99. The Morgan fingerprint density at radius 2 is 1.86 bits per heavy atom. The molecule has 0 saturated carbocycles. The zero-order valence-corrected chi connectivity index (χ0v) is 16.8. The van der Waals surface area contributed by atoms with Crippen molar-refractivity contribution in [3.8, 4) is 5.75 Å². The molecule has 0 radical (unpaired) electrons. The molecule has 5 nitrogen and oxygen atoms in total. The molecule has 152 valence electrons. The molecule has 1 amide bonds. The van der Waals surface area contributed by atoms with Gasteiger partial charge in [0.25, 0.3) is 5.91 Å². The van der Waals surface area contributed by atoms with Crippen LogP contribution in [0.25, 0.3) is 6.08 Å². The van der Waals surface area contributed by atoms with Crippen molar-refractivity contribution in [2.75, 3.05) is 19.7 Å². The lowest BCUT2D eigenvalue weighted by atomic mass is 10.0. The minimum atomic E-state index is -0.521. The summed E-state index contributed by atoms with van der Waals surface area (Å²) in [4.78, 5) is 25.8. The molecule has 0 bridgehead atoms. The summed E-state index contributed by atoms with van der Waals surface area (Å²) in [5.41, 5.74) is 1.96. The molecule has 1 atom stereocenters. The van der Waals surface area contributed by atoms with Crippen LogP contribution in [0.2, 0.25) is 0 Å². The van der Waals surface area contributed by atoms with Gasteiger partial charge in [-0.15, -0.1) is 0 Å². The molecule has 0 N–H and O–H groups in total. The van der Waals surface area contributed by atoms with Gasteiger partial charge in [-0.3, -0.25) is 4.79 Å². The van der Waals surface area contributed by atoms with Crippen molar-refractivity contribution in [2.24, 2.45) is 5.92 Å². The molecular weight excluding hydrogens is 366 g/mol. The third-order valence-electron chi connectivity index (χ3n) is 4.89. The first kappa shape index (κ1) is 20.6. The highest BCUT2D eigenvalue weighted by Gasteiger charge is 2.21. The fourth-order valence-corrected chi connectivity index (χ4v) is 3.27. The van der Waals surface area contributed by atoms with Crippen LogP contribution in [-0.2, 0) is 20.9 Å². The largest absolute Gasteiger partial charge is 0.489 e. The van der Waals surface area contributed by atoms with E-state index in [0.717, 1.165) is 42.8 Å². The Hall–Kier alpha value is -3.08. The van der Waals surface area contributed by atoms with E-state index in [4.69, 9.17) is 9.47 Å². The molecule has 29 heavy (non-hydrogen) atoms. The van der Waals surface area contributed by atoms with Crippen LogP contribution in [-0.4, -0.2) is 36.5 Å². The second-order valence-electron chi connectivity index (χ2n) is 7.37. The summed E-state index contributed by atoms with van der Waals surface area (Å²) < 4.78 is 10.8. The summed E-state index contributed by atoms with van der Waals surface area (Å²) in [6.07, 6.45) is 5.15. The van der Waals surface area contributed by atoms with Gasteiger partial charge < -0.3 is 14.4 Å². The van der Waals surface area contributed by atoms with E-state index >= 15 is 0 Å². The fraction of sp³-hybridized carbons (Fsp3) is 0.333. The van der Waals surface area contributed by atoms with Gasteiger partial charge in [0.05, 0.1) is 0 Å². The van der Waals surface area contributed by atoms with Gasteiger partial charge >= 0.3 is 5.97 Å². The molecule has 3 rings (SSSR count). The zero-order chi connectivity index (χ0) is 20.5. The summed E-state index contributed by atoms with van der Waals surface area (Å²) in [7, 11) is 0. The normalized spacial score (nSPS) is 16.6. The number of piperidine rings is 1. The van der Waals surface area contributed by atoms with E-state index in [0.29, 0.717) is 12.5 Å². The van der Waals surface area contributed by atoms with Crippen molar-refractivity contribution in [2.45, 2.75) is 26.4 Å². The highest BCUT2D eigenvalue weighted by atomic mass is 16.5. The molecule has 0 aromatic heterocycles. The Morgan fingerprint density at radius 1 is 1.10 bits per heavy atom. The minimum absolute atomic E-state index is 0.127. The van der Waals surface area contributed by atoms with Crippen LogP contribution in [0.5, 0.6) is 5.75 Å². The van der Waals surface area contributed by atoms with E-state index in [-0.39, 0.29) is 12.5 Å². The number of likely N-dealkylation sites (tertiary alicyclic amines) is 1. The van der Waals surface area contributed by atoms with E-state index < -0.39 is 5.97 Å². The van der Waals surface area contributed by atoms with Crippen LogP contribution in [0, 0.1) is 5.92 Å². The van der Waals surface area contributed by atoms with E-state index in [9.17, 15) is 9.59 Å². The van der Waals surface area contributed by atoms with E-state index in [1.807, 2.05) is 54.6 Å². The van der Waals surface area contributed by atoms with Crippen molar-refractivity contribution in [1.29, 1.82) is 0 Å². The molecule has 1 saturated heterocycles. The van der Waals surface area contributed by atoms with Gasteiger partial charge in [-0.05, 0) is 48.1 Å². The Morgan fingerprint density at radius 3 is 2.59 bits per heavy atom. The number of ether oxygens (including phenoxy) is 2. The maximum Gasteiger partial charge on any atom is 0.331 e. The Bertz CT molecular complexity index is 830. The lowest BCUT2D eigenvalue weighted by molar-refractivity contribution is -0.149. The lowest BCUT2D eigenvalue weighted by Gasteiger charge is -2.30. The highest BCUT2D eigenvalue weighted by Crippen LogP contribution is 2.16. The smallest absolute Gasteiger partial charge is 0.331 e. The standard InChI is InChI=1S/C24H27NO4/c1-19-6-5-15-25(16-19)23(26)18-29-24(27)14-11-20-9-12-22(13-10-20)28-17-21-7-3-2-4-8-21/h2-4,7-14,19H,5-6,15-18H2,1H3/b14-11+. The van der Waals surface area contributed by atoms with Crippen LogP contribution < -0.4 is 4.74 Å². The van der Waals surface area contributed by atoms with Crippen molar-refractivity contribution in [1.82, 2.24) is 4.90 Å². The van der Waals surface area contributed by atoms with Gasteiger partial charge in [0.15, 0.2) is 6.61 Å². The average Bonchev–Trinajstić information content (AvgIpc) is 2.76. The van der Waals surface area contributed by atoms with Gasteiger partial charge in [-0.1, -0.05) is 49.4 Å².